The minimum absolute atomic E-state index is 0.0507. The molecule has 0 spiro atoms. The first-order valence-electron chi connectivity index (χ1n) is 9.41. The number of carbonyl (C=O) groups excluding carboxylic acids is 2. The summed E-state index contributed by atoms with van der Waals surface area (Å²) in [6.45, 7) is 0.770. The third-order valence-corrected chi connectivity index (χ3v) is 5.32. The minimum atomic E-state index is -4.39. The second-order valence-electron chi connectivity index (χ2n) is 7.07. The molecule has 154 valence electrons. The molecule has 29 heavy (non-hydrogen) atoms. The van der Waals surface area contributed by atoms with Crippen LogP contribution < -0.4 is 0 Å². The number of alkyl halides is 3. The van der Waals surface area contributed by atoms with E-state index in [0.29, 0.717) is 42.6 Å². The number of amides is 1. The Morgan fingerprint density at radius 3 is 2.31 bits per heavy atom. The average molecular weight is 405 g/mol. The van der Waals surface area contributed by atoms with Crippen molar-refractivity contribution in [3.8, 4) is 0 Å². The standard InChI is InChI=1S/C22H22F3NO3/c1-29-21(28)18-8-3-2-6-16(18)14-20(27)26-12-10-15(11-13-26)17-7-4-5-9-19(17)22(23,24)25/h2-9,15H,10-14H2,1H3. The van der Waals surface area contributed by atoms with Gasteiger partial charge in [-0.05, 0) is 42.0 Å². The summed E-state index contributed by atoms with van der Waals surface area (Å²) in [6, 6.07) is 12.4. The monoisotopic (exact) mass is 405 g/mol. The van der Waals surface area contributed by atoms with Gasteiger partial charge in [-0.3, -0.25) is 4.79 Å². The van der Waals surface area contributed by atoms with Crippen LogP contribution in [0.25, 0.3) is 0 Å². The summed E-state index contributed by atoms with van der Waals surface area (Å²) in [5.41, 5.74) is 0.617. The number of benzene rings is 2. The molecular weight excluding hydrogens is 383 g/mol. The summed E-state index contributed by atoms with van der Waals surface area (Å²) >= 11 is 0. The Kier molecular flexibility index (Phi) is 6.25. The Morgan fingerprint density at radius 2 is 1.66 bits per heavy atom. The number of rotatable bonds is 4. The fourth-order valence-corrected chi connectivity index (χ4v) is 3.81. The summed E-state index contributed by atoms with van der Waals surface area (Å²) in [7, 11) is 1.28. The van der Waals surface area contributed by atoms with Crippen LogP contribution in [0.3, 0.4) is 0 Å². The van der Waals surface area contributed by atoms with Crippen LogP contribution in [0.2, 0.25) is 0 Å². The van der Waals surface area contributed by atoms with Gasteiger partial charge in [-0.25, -0.2) is 4.79 Å². The van der Waals surface area contributed by atoms with Crippen molar-refractivity contribution in [2.45, 2.75) is 31.4 Å². The molecule has 0 N–H and O–H groups in total. The van der Waals surface area contributed by atoms with E-state index in [1.807, 2.05) is 0 Å². The van der Waals surface area contributed by atoms with Crippen molar-refractivity contribution < 1.29 is 27.5 Å². The smallest absolute Gasteiger partial charge is 0.416 e. The maximum absolute atomic E-state index is 13.3. The normalized spacial score (nSPS) is 15.2. The Labute approximate surface area is 167 Å². The zero-order valence-corrected chi connectivity index (χ0v) is 16.0. The lowest BCUT2D eigenvalue weighted by Gasteiger charge is -2.33. The molecule has 1 saturated heterocycles. The minimum Gasteiger partial charge on any atom is -0.465 e. The van der Waals surface area contributed by atoms with Gasteiger partial charge in [0.25, 0.3) is 0 Å². The van der Waals surface area contributed by atoms with Crippen LogP contribution in [0.4, 0.5) is 13.2 Å². The molecule has 2 aromatic carbocycles. The van der Waals surface area contributed by atoms with E-state index < -0.39 is 17.7 Å². The molecule has 0 radical (unpaired) electrons. The van der Waals surface area contributed by atoms with Crippen LogP contribution in [0, 0.1) is 0 Å². The van der Waals surface area contributed by atoms with Gasteiger partial charge in [0.2, 0.25) is 5.91 Å². The molecule has 0 saturated carbocycles. The van der Waals surface area contributed by atoms with Gasteiger partial charge in [0.05, 0.1) is 24.7 Å². The SMILES string of the molecule is COC(=O)c1ccccc1CC(=O)N1CCC(c2ccccc2C(F)(F)F)CC1. The second-order valence-corrected chi connectivity index (χ2v) is 7.07. The predicted molar refractivity (Wildman–Crippen MR) is 101 cm³/mol. The van der Waals surface area contributed by atoms with Crippen LogP contribution in [0.5, 0.6) is 0 Å². The molecule has 2 aromatic rings. The van der Waals surface area contributed by atoms with Crippen molar-refractivity contribution >= 4 is 11.9 Å². The zero-order chi connectivity index (χ0) is 21.0. The van der Waals surface area contributed by atoms with Gasteiger partial charge >= 0.3 is 12.1 Å². The van der Waals surface area contributed by atoms with Crippen LogP contribution >= 0.6 is 0 Å². The van der Waals surface area contributed by atoms with Crippen molar-refractivity contribution in [2.24, 2.45) is 0 Å². The van der Waals surface area contributed by atoms with Gasteiger partial charge in [0.1, 0.15) is 0 Å². The first-order chi connectivity index (χ1) is 13.8. The molecule has 0 bridgehead atoms. The van der Waals surface area contributed by atoms with Crippen LogP contribution in [0.15, 0.2) is 48.5 Å². The third-order valence-electron chi connectivity index (χ3n) is 5.32. The topological polar surface area (TPSA) is 46.6 Å². The van der Waals surface area contributed by atoms with Crippen molar-refractivity contribution in [1.82, 2.24) is 4.90 Å². The first-order valence-corrected chi connectivity index (χ1v) is 9.41. The van der Waals surface area contributed by atoms with Gasteiger partial charge in [-0.15, -0.1) is 0 Å². The lowest BCUT2D eigenvalue weighted by atomic mass is 9.86. The number of halogens is 3. The molecule has 0 aliphatic carbocycles. The number of ether oxygens (including phenoxy) is 1. The molecule has 1 fully saturated rings. The number of nitrogens with zero attached hydrogens (tertiary/aromatic N) is 1. The van der Waals surface area contributed by atoms with Gasteiger partial charge < -0.3 is 9.64 Å². The third kappa shape index (κ3) is 4.78. The Balaban J connectivity index is 1.67. The molecular formula is C22H22F3NO3. The van der Waals surface area contributed by atoms with E-state index in [2.05, 4.69) is 0 Å². The lowest BCUT2D eigenvalue weighted by molar-refractivity contribution is -0.139. The van der Waals surface area contributed by atoms with Gasteiger partial charge in [-0.2, -0.15) is 13.2 Å². The van der Waals surface area contributed by atoms with E-state index in [4.69, 9.17) is 4.74 Å². The zero-order valence-electron chi connectivity index (χ0n) is 16.0. The highest BCUT2D eigenvalue weighted by Gasteiger charge is 2.36. The lowest BCUT2D eigenvalue weighted by Crippen LogP contribution is -2.39. The van der Waals surface area contributed by atoms with E-state index in [-0.39, 0.29) is 18.2 Å². The summed E-state index contributed by atoms with van der Waals surface area (Å²) in [6.07, 6.45) is -3.40. The highest BCUT2D eigenvalue weighted by atomic mass is 19.4. The maximum atomic E-state index is 13.3. The van der Waals surface area contributed by atoms with Crippen LogP contribution in [-0.4, -0.2) is 37.0 Å². The van der Waals surface area contributed by atoms with E-state index in [1.165, 1.54) is 19.2 Å². The molecule has 3 rings (SSSR count). The fraction of sp³-hybridized carbons (Fsp3) is 0.364. The first kappa shape index (κ1) is 20.9. The van der Waals surface area contributed by atoms with Crippen molar-refractivity contribution in [2.75, 3.05) is 20.2 Å². The number of carbonyl (C=O) groups is 2. The number of hydrogen-bond acceptors (Lipinski definition) is 3. The Bertz CT molecular complexity index is 887. The molecule has 7 heteroatoms. The fourth-order valence-electron chi connectivity index (χ4n) is 3.81. The summed E-state index contributed by atoms with van der Waals surface area (Å²) in [5, 5.41) is 0. The Hall–Kier alpha value is -2.83. The van der Waals surface area contributed by atoms with Gasteiger partial charge in [0, 0.05) is 13.1 Å². The van der Waals surface area contributed by atoms with E-state index >= 15 is 0 Å². The predicted octanol–water partition coefficient (Wildman–Crippen LogP) is 4.44. The van der Waals surface area contributed by atoms with Gasteiger partial charge in [-0.1, -0.05) is 36.4 Å². The molecule has 1 aliphatic rings. The van der Waals surface area contributed by atoms with Crippen molar-refractivity contribution in [3.05, 3.63) is 70.8 Å². The van der Waals surface area contributed by atoms with Crippen molar-refractivity contribution in [3.63, 3.8) is 0 Å². The van der Waals surface area contributed by atoms with Crippen molar-refractivity contribution in [1.29, 1.82) is 0 Å². The molecule has 1 aliphatic heterocycles. The highest BCUT2D eigenvalue weighted by molar-refractivity contribution is 5.93. The molecule has 0 unspecified atom stereocenters. The highest BCUT2D eigenvalue weighted by Crippen LogP contribution is 2.38. The number of piperidine rings is 1. The van der Waals surface area contributed by atoms with Crippen LogP contribution in [-0.2, 0) is 22.1 Å². The number of hydrogen-bond donors (Lipinski definition) is 0. The molecule has 0 atom stereocenters. The molecule has 4 nitrogen and oxygen atoms in total. The summed E-state index contributed by atoms with van der Waals surface area (Å²) in [5.74, 6) is -0.890. The van der Waals surface area contributed by atoms with E-state index in [9.17, 15) is 22.8 Å². The Morgan fingerprint density at radius 1 is 1.03 bits per heavy atom. The second kappa shape index (κ2) is 8.68. The van der Waals surface area contributed by atoms with Gasteiger partial charge in [0.15, 0.2) is 0 Å². The average Bonchev–Trinajstić information content (AvgIpc) is 2.73. The number of likely N-dealkylation sites (tertiary alicyclic amines) is 1. The maximum Gasteiger partial charge on any atom is 0.416 e. The van der Waals surface area contributed by atoms with Crippen LogP contribution in [0.1, 0.15) is 45.8 Å². The number of methoxy groups -OCH3 is 1. The molecule has 1 amide bonds. The molecule has 0 aromatic heterocycles. The largest absolute Gasteiger partial charge is 0.465 e. The summed E-state index contributed by atoms with van der Waals surface area (Å²) < 4.78 is 44.6. The molecule has 1 heterocycles. The number of esters is 1. The van der Waals surface area contributed by atoms with E-state index in [0.717, 1.165) is 6.07 Å². The van der Waals surface area contributed by atoms with E-state index in [1.54, 1.807) is 35.2 Å². The summed E-state index contributed by atoms with van der Waals surface area (Å²) in [4.78, 5) is 26.2. The quantitative estimate of drug-likeness (QED) is 0.707.